The molecule has 0 spiro atoms. The molecule has 4 aromatic rings. The molecule has 0 fully saturated rings. The number of hydrogen-bond acceptors (Lipinski definition) is 6. The predicted octanol–water partition coefficient (Wildman–Crippen LogP) is 4.46. The van der Waals surface area contributed by atoms with Crippen molar-refractivity contribution < 1.29 is 13.2 Å². The van der Waals surface area contributed by atoms with Crippen molar-refractivity contribution in [3.8, 4) is 11.3 Å². The van der Waals surface area contributed by atoms with Crippen LogP contribution in [0.25, 0.3) is 16.2 Å². The van der Waals surface area contributed by atoms with Crippen LogP contribution in [-0.2, 0) is 10.0 Å². The predicted molar refractivity (Wildman–Crippen MR) is 121 cm³/mol. The molecule has 0 amide bonds. The Morgan fingerprint density at radius 3 is 2.33 bits per heavy atom. The number of benzene rings is 2. The van der Waals surface area contributed by atoms with Gasteiger partial charge in [-0.15, -0.1) is 5.10 Å². The molecule has 0 unspecified atom stereocenters. The van der Waals surface area contributed by atoms with E-state index in [2.05, 4.69) is 26.0 Å². The number of halogens is 1. The van der Waals surface area contributed by atoms with Crippen molar-refractivity contribution in [1.82, 2.24) is 14.6 Å². The Morgan fingerprint density at radius 1 is 1.13 bits per heavy atom. The van der Waals surface area contributed by atoms with Gasteiger partial charge < -0.3 is 0 Å². The second kappa shape index (κ2) is 9.17. The number of nitrogens with zero attached hydrogens (tertiary/aromatic N) is 3. The summed E-state index contributed by atoms with van der Waals surface area (Å²) < 4.78 is 24.8. The zero-order valence-corrected chi connectivity index (χ0v) is 19.5. The molecule has 7 nitrogen and oxygen atoms in total. The van der Waals surface area contributed by atoms with E-state index in [1.807, 2.05) is 68.4 Å². The molecule has 2 heterocycles. The van der Waals surface area contributed by atoms with Crippen molar-refractivity contribution in [3.05, 3.63) is 70.3 Å². The minimum Gasteiger partial charge on any atom is -0.294 e. The fourth-order valence-electron chi connectivity index (χ4n) is 2.69. The van der Waals surface area contributed by atoms with Crippen molar-refractivity contribution >= 4 is 48.0 Å². The summed E-state index contributed by atoms with van der Waals surface area (Å²) in [5.74, 6) is 0.178. The molecule has 0 radical (unpaired) electrons. The number of imidazole rings is 1. The first-order chi connectivity index (χ1) is 14.2. The topological polar surface area (TPSA) is 107 Å². The van der Waals surface area contributed by atoms with Gasteiger partial charge >= 0.3 is 0 Å². The zero-order chi connectivity index (χ0) is 21.9. The summed E-state index contributed by atoms with van der Waals surface area (Å²) in [4.78, 5) is 16.1. The lowest BCUT2D eigenvalue weighted by Gasteiger charge is -1.98. The third-order valence-corrected chi connectivity index (χ3v) is 7.11. The van der Waals surface area contributed by atoms with Gasteiger partial charge in [0.1, 0.15) is 0 Å². The van der Waals surface area contributed by atoms with E-state index in [9.17, 15) is 13.2 Å². The number of carbonyl (C=O) groups excluding carboxylic acids is 1. The number of aryl methyl sites for hydroxylation is 1. The maximum Gasteiger partial charge on any atom is 0.267 e. The van der Waals surface area contributed by atoms with Crippen molar-refractivity contribution in [2.45, 2.75) is 24.6 Å². The van der Waals surface area contributed by atoms with E-state index in [-0.39, 0.29) is 10.1 Å². The number of rotatable bonds is 4. The lowest BCUT2D eigenvalue weighted by molar-refractivity contribution is 0.0987. The maximum atomic E-state index is 11.3. The minimum absolute atomic E-state index is 0.127. The third-order valence-electron chi connectivity index (χ3n) is 4.20. The largest absolute Gasteiger partial charge is 0.294 e. The van der Waals surface area contributed by atoms with Crippen molar-refractivity contribution in [3.63, 3.8) is 0 Å². The molecule has 0 aliphatic heterocycles. The number of primary sulfonamides is 1. The Kier molecular flexibility index (Phi) is 6.81. The maximum absolute atomic E-state index is 11.3. The smallest absolute Gasteiger partial charge is 0.267 e. The van der Waals surface area contributed by atoms with Gasteiger partial charge in [-0.1, -0.05) is 82.7 Å². The average Bonchev–Trinajstić information content (AvgIpc) is 3.29. The first-order valence-electron chi connectivity index (χ1n) is 8.94. The molecule has 2 aromatic heterocycles. The summed E-state index contributed by atoms with van der Waals surface area (Å²) in [6.07, 6.45) is 0.558. The first kappa shape index (κ1) is 22.3. The molecule has 0 bridgehead atoms. The summed E-state index contributed by atoms with van der Waals surface area (Å²) in [5, 5.41) is 9.05. The van der Waals surface area contributed by atoms with E-state index in [0.717, 1.165) is 38.3 Å². The quantitative estimate of drug-likeness (QED) is 0.411. The Bertz CT molecular complexity index is 1300. The second-order valence-electron chi connectivity index (χ2n) is 6.28. The van der Waals surface area contributed by atoms with Gasteiger partial charge in [0.2, 0.25) is 9.30 Å². The van der Waals surface area contributed by atoms with Crippen LogP contribution in [0.5, 0.6) is 0 Å². The van der Waals surface area contributed by atoms with E-state index < -0.39 is 10.0 Å². The van der Waals surface area contributed by atoms with Crippen molar-refractivity contribution in [2.24, 2.45) is 5.14 Å². The van der Waals surface area contributed by atoms with Crippen LogP contribution in [0.15, 0.2) is 63.4 Å². The molecule has 0 aliphatic carbocycles. The van der Waals surface area contributed by atoms with Crippen LogP contribution < -0.4 is 5.14 Å². The fraction of sp³-hybridized carbons (Fsp3) is 0.150. The number of nitrogens with two attached hydrogens (primary N) is 1. The highest BCUT2D eigenvalue weighted by molar-refractivity contribution is 9.10. The molecular formula is C20H19BrN4O3S2. The van der Waals surface area contributed by atoms with Crippen LogP contribution in [0.1, 0.15) is 29.4 Å². The van der Waals surface area contributed by atoms with E-state index in [0.29, 0.717) is 11.4 Å². The van der Waals surface area contributed by atoms with E-state index >= 15 is 0 Å². The van der Waals surface area contributed by atoms with Crippen LogP contribution >= 0.6 is 27.3 Å². The van der Waals surface area contributed by atoms with Gasteiger partial charge in [0.25, 0.3) is 10.0 Å². The Morgan fingerprint density at radius 2 is 1.77 bits per heavy atom. The molecule has 0 aliphatic rings. The van der Waals surface area contributed by atoms with Gasteiger partial charge in [-0.3, -0.25) is 4.79 Å². The third kappa shape index (κ3) is 4.84. The molecule has 2 N–H and O–H groups in total. The Hall–Kier alpha value is -2.40. The molecule has 2 aromatic carbocycles. The molecule has 0 saturated heterocycles. The lowest BCUT2D eigenvalue weighted by atomic mass is 10.1. The van der Waals surface area contributed by atoms with Gasteiger partial charge in [-0.05, 0) is 13.0 Å². The highest BCUT2D eigenvalue weighted by atomic mass is 79.9. The lowest BCUT2D eigenvalue weighted by Crippen LogP contribution is -2.12. The zero-order valence-electron chi connectivity index (χ0n) is 16.2. The van der Waals surface area contributed by atoms with Crippen LogP contribution in [0.4, 0.5) is 0 Å². The Labute approximate surface area is 186 Å². The van der Waals surface area contributed by atoms with Crippen LogP contribution in [-0.4, -0.2) is 28.8 Å². The van der Waals surface area contributed by atoms with Gasteiger partial charge in [-0.25, -0.2) is 23.1 Å². The number of fused-ring (bicyclic) bond motifs is 1. The molecule has 0 atom stereocenters. The fourth-order valence-corrected chi connectivity index (χ4v) is 4.76. The molecular weight excluding hydrogens is 488 g/mol. The summed E-state index contributed by atoms with van der Waals surface area (Å²) in [7, 11) is -3.78. The number of hydrogen-bond donors (Lipinski definition) is 1. The molecule has 10 heteroatoms. The van der Waals surface area contributed by atoms with Gasteiger partial charge in [-0.2, -0.15) is 0 Å². The average molecular weight is 507 g/mol. The molecule has 30 heavy (non-hydrogen) atoms. The first-order valence-corrected chi connectivity index (χ1v) is 12.1. The monoisotopic (exact) mass is 506 g/mol. The summed E-state index contributed by atoms with van der Waals surface area (Å²) in [5.41, 5.74) is 3.32. The molecule has 156 valence electrons. The van der Waals surface area contributed by atoms with Gasteiger partial charge in [0.05, 0.1) is 11.4 Å². The SMILES string of the molecule is CCC(=O)c1ccccc1Br.Cc1c(-c2ccccc2)nc2sc(S(N)(=O)=O)nn12. The van der Waals surface area contributed by atoms with E-state index in [1.165, 1.54) is 4.52 Å². The highest BCUT2D eigenvalue weighted by Gasteiger charge is 2.19. The number of sulfonamides is 1. The Balaban J connectivity index is 0.000000199. The number of ketones is 1. The second-order valence-corrected chi connectivity index (χ2v) is 9.82. The molecule has 0 saturated carbocycles. The van der Waals surface area contributed by atoms with Crippen LogP contribution in [0, 0.1) is 6.92 Å². The minimum atomic E-state index is -3.78. The van der Waals surface area contributed by atoms with Crippen LogP contribution in [0.2, 0.25) is 0 Å². The van der Waals surface area contributed by atoms with Gasteiger partial charge in [0.15, 0.2) is 5.78 Å². The number of carbonyl (C=O) groups is 1. The standard InChI is InChI=1S/C11H10N4O2S2.C9H9BrO/c1-7-9(8-5-3-2-4-6-8)13-10-15(7)14-11(18-10)19(12,16)17;1-2-9(11)7-5-3-4-6-8(7)10/h2-6H,1H3,(H2,12,16,17);3-6H,2H2,1H3. The summed E-state index contributed by atoms with van der Waals surface area (Å²) in [6.45, 7) is 3.71. The molecule has 4 rings (SSSR count). The highest BCUT2D eigenvalue weighted by Crippen LogP contribution is 2.27. The van der Waals surface area contributed by atoms with E-state index in [1.54, 1.807) is 0 Å². The van der Waals surface area contributed by atoms with Crippen LogP contribution in [0.3, 0.4) is 0 Å². The number of aromatic nitrogens is 3. The van der Waals surface area contributed by atoms with Crippen molar-refractivity contribution in [2.75, 3.05) is 0 Å². The van der Waals surface area contributed by atoms with Crippen molar-refractivity contribution in [1.29, 1.82) is 0 Å². The normalized spacial score (nSPS) is 11.2. The summed E-state index contributed by atoms with van der Waals surface area (Å²) >= 11 is 4.28. The van der Waals surface area contributed by atoms with E-state index in [4.69, 9.17) is 5.14 Å². The van der Waals surface area contributed by atoms with Gasteiger partial charge in [0, 0.05) is 22.0 Å². The number of Topliss-reactive ketones (excluding diaryl/α,β-unsaturated/α-hetero) is 1. The summed E-state index contributed by atoms with van der Waals surface area (Å²) in [6, 6.07) is 17.1.